The molecule has 2 N–H and O–H groups in total. The lowest BCUT2D eigenvalue weighted by Crippen LogP contribution is -2.17. The van der Waals surface area contributed by atoms with Crippen LogP contribution in [0.3, 0.4) is 0 Å². The maximum absolute atomic E-state index is 13.1. The van der Waals surface area contributed by atoms with E-state index in [0.717, 1.165) is 12.3 Å². The number of halogens is 7. The number of hydrogen-bond acceptors (Lipinski definition) is 2. The summed E-state index contributed by atoms with van der Waals surface area (Å²) >= 11 is 3.12. The highest BCUT2D eigenvalue weighted by Gasteiger charge is 2.37. The monoisotopic (exact) mass is 506 g/mol. The van der Waals surface area contributed by atoms with Crippen molar-refractivity contribution in [1.29, 1.82) is 0 Å². The van der Waals surface area contributed by atoms with Gasteiger partial charge in [0.15, 0.2) is 5.43 Å². The van der Waals surface area contributed by atoms with E-state index < -0.39 is 39.9 Å². The number of nitrogens with one attached hydrogen (secondary N) is 2. The third kappa shape index (κ3) is 4.46. The van der Waals surface area contributed by atoms with Crippen molar-refractivity contribution in [1.82, 2.24) is 9.97 Å². The van der Waals surface area contributed by atoms with Crippen molar-refractivity contribution in [2.24, 2.45) is 0 Å². The molecule has 0 aliphatic rings. The predicted octanol–water partition coefficient (Wildman–Crippen LogP) is 5.81. The molecule has 0 aliphatic heterocycles. The smallest absolute Gasteiger partial charge is 0.361 e. The Bertz CT molecular complexity index is 1260. The molecular formula is C20H13BrF6N2O2. The second kappa shape index (κ2) is 7.70. The Kier molecular flexibility index (Phi) is 5.68. The van der Waals surface area contributed by atoms with Crippen LogP contribution in [0.5, 0.6) is 0 Å². The van der Waals surface area contributed by atoms with Crippen LogP contribution in [0.1, 0.15) is 22.5 Å². The molecule has 11 heteroatoms. The molecule has 1 aromatic carbocycles. The second-order valence-corrected chi connectivity index (χ2v) is 7.61. The summed E-state index contributed by atoms with van der Waals surface area (Å²) in [6.45, 7) is 3.20. The normalized spacial score (nSPS) is 12.3. The highest BCUT2D eigenvalue weighted by Crippen LogP contribution is 2.38. The molecule has 0 fully saturated rings. The molecule has 0 spiro atoms. The maximum Gasteiger partial charge on any atom is 0.416 e. The summed E-state index contributed by atoms with van der Waals surface area (Å²) in [6, 6.07) is 1.89. The van der Waals surface area contributed by atoms with Crippen molar-refractivity contribution in [3.63, 3.8) is 0 Å². The Labute approximate surface area is 179 Å². The lowest BCUT2D eigenvalue weighted by molar-refractivity contribution is -0.143. The van der Waals surface area contributed by atoms with E-state index in [0.29, 0.717) is 23.5 Å². The van der Waals surface area contributed by atoms with Gasteiger partial charge in [0.05, 0.1) is 26.7 Å². The number of aromatic nitrogens is 2. The van der Waals surface area contributed by atoms with Crippen molar-refractivity contribution >= 4 is 15.9 Å². The number of benzene rings is 1. The third-order valence-corrected chi connectivity index (χ3v) is 5.54. The largest absolute Gasteiger partial charge is 0.416 e. The minimum absolute atomic E-state index is 0.00269. The molecule has 0 aliphatic carbocycles. The Morgan fingerprint density at radius 1 is 0.839 bits per heavy atom. The zero-order valence-corrected chi connectivity index (χ0v) is 17.4. The van der Waals surface area contributed by atoms with E-state index in [-0.39, 0.29) is 27.4 Å². The van der Waals surface area contributed by atoms with Crippen LogP contribution in [0.4, 0.5) is 26.3 Å². The minimum Gasteiger partial charge on any atom is -0.361 e. The molecule has 3 aromatic rings. The van der Waals surface area contributed by atoms with E-state index in [1.807, 2.05) is 0 Å². The second-order valence-electron chi connectivity index (χ2n) is 6.81. The van der Waals surface area contributed by atoms with Gasteiger partial charge in [-0.05, 0) is 53.5 Å². The fraction of sp³-hybridized carbons (Fsp3) is 0.200. The average molecular weight is 507 g/mol. The maximum atomic E-state index is 13.1. The standard InChI is InChI=1S/C20H13BrF6N2O2/c1-8-16(18(31)17(21)9(2)29-8)13-7-28-14(6-15(13)30)10-3-11(19(22,23)24)5-12(4-10)20(25,26)27/h3-7H,1-2H3,(H,28,30)(H,29,31). The fourth-order valence-electron chi connectivity index (χ4n) is 3.12. The molecule has 3 rings (SSSR count). The van der Waals surface area contributed by atoms with E-state index in [9.17, 15) is 35.9 Å². The summed E-state index contributed by atoms with van der Waals surface area (Å²) in [6.07, 6.45) is -8.95. The molecule has 31 heavy (non-hydrogen) atoms. The Morgan fingerprint density at radius 3 is 1.87 bits per heavy atom. The molecule has 164 valence electrons. The number of hydrogen-bond donors (Lipinski definition) is 2. The van der Waals surface area contributed by atoms with E-state index in [2.05, 4.69) is 25.9 Å². The highest BCUT2D eigenvalue weighted by molar-refractivity contribution is 9.10. The summed E-state index contributed by atoms with van der Waals surface area (Å²) in [5.74, 6) is 0. The summed E-state index contributed by atoms with van der Waals surface area (Å²) < 4.78 is 78.8. The fourth-order valence-corrected chi connectivity index (χ4v) is 3.41. The lowest BCUT2D eigenvalue weighted by Gasteiger charge is -2.14. The van der Waals surface area contributed by atoms with Crippen molar-refractivity contribution in [2.75, 3.05) is 0 Å². The molecule has 0 bridgehead atoms. The number of aromatic amines is 2. The molecule has 0 unspecified atom stereocenters. The van der Waals surface area contributed by atoms with Crippen LogP contribution in [-0.2, 0) is 12.4 Å². The van der Waals surface area contributed by atoms with Gasteiger partial charge in [0, 0.05) is 29.3 Å². The molecule has 0 amide bonds. The Morgan fingerprint density at radius 2 is 1.39 bits per heavy atom. The number of pyridine rings is 2. The summed E-state index contributed by atoms with van der Waals surface area (Å²) in [5.41, 5.74) is -4.10. The number of alkyl halides is 6. The Hall–Kier alpha value is -2.82. The van der Waals surface area contributed by atoms with E-state index in [4.69, 9.17) is 0 Å². The van der Waals surface area contributed by atoms with Gasteiger partial charge in [-0.1, -0.05) is 0 Å². The molecule has 0 atom stereocenters. The van der Waals surface area contributed by atoms with E-state index in [1.54, 1.807) is 13.8 Å². The topological polar surface area (TPSA) is 65.7 Å². The Balaban J connectivity index is 2.21. The first-order valence-electron chi connectivity index (χ1n) is 8.62. The molecule has 4 nitrogen and oxygen atoms in total. The number of rotatable bonds is 2. The summed E-state index contributed by atoms with van der Waals surface area (Å²) in [5, 5.41) is 0. The molecule has 2 aromatic heterocycles. The van der Waals surface area contributed by atoms with Gasteiger partial charge in [-0.25, -0.2) is 0 Å². The highest BCUT2D eigenvalue weighted by atomic mass is 79.9. The van der Waals surface area contributed by atoms with Gasteiger partial charge in [-0.3, -0.25) is 9.59 Å². The van der Waals surface area contributed by atoms with Crippen LogP contribution >= 0.6 is 15.9 Å². The summed E-state index contributed by atoms with van der Waals surface area (Å²) in [7, 11) is 0. The predicted molar refractivity (Wildman–Crippen MR) is 106 cm³/mol. The van der Waals surface area contributed by atoms with E-state index in [1.165, 1.54) is 0 Å². The van der Waals surface area contributed by atoms with Crippen molar-refractivity contribution < 1.29 is 26.3 Å². The van der Waals surface area contributed by atoms with Crippen LogP contribution in [0.25, 0.3) is 22.4 Å². The third-order valence-electron chi connectivity index (χ3n) is 4.59. The van der Waals surface area contributed by atoms with Gasteiger partial charge in [0.2, 0.25) is 5.43 Å². The first kappa shape index (κ1) is 22.9. The van der Waals surface area contributed by atoms with Crippen LogP contribution in [-0.4, -0.2) is 9.97 Å². The quantitative estimate of drug-likeness (QED) is 0.430. The average Bonchev–Trinajstić information content (AvgIpc) is 2.65. The summed E-state index contributed by atoms with van der Waals surface area (Å²) in [4.78, 5) is 30.7. The zero-order chi connectivity index (χ0) is 23.3. The zero-order valence-electron chi connectivity index (χ0n) is 15.8. The van der Waals surface area contributed by atoms with Crippen LogP contribution in [0.15, 0.2) is 44.5 Å². The van der Waals surface area contributed by atoms with Gasteiger partial charge < -0.3 is 9.97 Å². The first-order valence-corrected chi connectivity index (χ1v) is 9.41. The lowest BCUT2D eigenvalue weighted by atomic mass is 10.00. The van der Waals surface area contributed by atoms with Gasteiger partial charge in [0.25, 0.3) is 0 Å². The molecule has 0 saturated carbocycles. The number of aryl methyl sites for hydroxylation is 2. The first-order chi connectivity index (χ1) is 14.2. The van der Waals surface area contributed by atoms with Crippen molar-refractivity contribution in [2.45, 2.75) is 26.2 Å². The molecule has 0 saturated heterocycles. The minimum atomic E-state index is -5.02. The van der Waals surface area contributed by atoms with Gasteiger partial charge in [-0.15, -0.1) is 0 Å². The molecule has 0 radical (unpaired) electrons. The van der Waals surface area contributed by atoms with Crippen LogP contribution < -0.4 is 10.9 Å². The van der Waals surface area contributed by atoms with Gasteiger partial charge >= 0.3 is 12.4 Å². The SMILES string of the molecule is Cc1[nH]c(C)c(-c2c[nH]c(-c3cc(C(F)(F)F)cc(C(F)(F)F)c3)cc2=O)c(=O)c1Br. The molecular weight excluding hydrogens is 494 g/mol. The van der Waals surface area contributed by atoms with E-state index >= 15 is 0 Å². The van der Waals surface area contributed by atoms with Crippen molar-refractivity contribution in [3.8, 4) is 22.4 Å². The van der Waals surface area contributed by atoms with Gasteiger partial charge in [0.1, 0.15) is 0 Å². The molecule has 2 heterocycles. The van der Waals surface area contributed by atoms with Crippen LogP contribution in [0.2, 0.25) is 0 Å². The van der Waals surface area contributed by atoms with Crippen molar-refractivity contribution in [3.05, 3.63) is 77.9 Å². The number of H-pyrrole nitrogens is 2. The van der Waals surface area contributed by atoms with Crippen LogP contribution in [0, 0.1) is 13.8 Å². The van der Waals surface area contributed by atoms with Gasteiger partial charge in [-0.2, -0.15) is 26.3 Å².